The summed E-state index contributed by atoms with van der Waals surface area (Å²) in [7, 11) is 0. The van der Waals surface area contributed by atoms with E-state index < -0.39 is 11.9 Å². The molecule has 0 saturated carbocycles. The van der Waals surface area contributed by atoms with Crippen molar-refractivity contribution in [1.82, 2.24) is 0 Å². The minimum atomic E-state index is -1.08. The van der Waals surface area contributed by atoms with Crippen LogP contribution in [-0.4, -0.2) is 33.8 Å². The molecule has 126 valence electrons. The van der Waals surface area contributed by atoms with Gasteiger partial charge in [-0.05, 0) is 13.8 Å². The summed E-state index contributed by atoms with van der Waals surface area (Å²) in [5, 5.41) is 32.4. The molecule has 0 atom stereocenters. The number of nitriles is 2. The van der Waals surface area contributed by atoms with Crippen LogP contribution < -0.4 is 10.2 Å². The van der Waals surface area contributed by atoms with Crippen molar-refractivity contribution < 1.29 is 80.7 Å². The topological polar surface area (TPSA) is 254 Å². The number of hydrogen-bond donors (Lipinski definition) is 0. The van der Waals surface area contributed by atoms with E-state index in [1.807, 2.05) is 0 Å². The van der Waals surface area contributed by atoms with Gasteiger partial charge in [0, 0.05) is 25.8 Å². The Balaban J connectivity index is -0.00000000763. The van der Waals surface area contributed by atoms with E-state index in [2.05, 4.69) is 0 Å². The number of nitrogens with zero attached hydrogens (tertiary/aromatic N) is 2. The fraction of sp³-hybridized carbons (Fsp3) is 0.500. The van der Waals surface area contributed by atoms with Gasteiger partial charge in [0.15, 0.2) is 0 Å². The van der Waals surface area contributed by atoms with Crippen LogP contribution >= 0.6 is 0 Å². The van der Waals surface area contributed by atoms with Crippen LogP contribution in [0.2, 0.25) is 0 Å². The normalized spacial score (nSPS) is 3.30. The Morgan fingerprint density at radius 2 is 0.750 bits per heavy atom. The molecule has 0 aromatic heterocycles. The van der Waals surface area contributed by atoms with Crippen molar-refractivity contribution in [1.29, 1.82) is 10.5 Å². The number of aliphatic carboxylic acids is 2. The van der Waals surface area contributed by atoms with Crippen LogP contribution in [0.15, 0.2) is 0 Å². The SMILES string of the molecule is CC#N.CC#N.CC(=O)[O-].CC(=O)[O-].O.O.O.O.[Rh+2].[Rh+2]. The Morgan fingerprint density at radius 3 is 0.750 bits per heavy atom. The summed E-state index contributed by atoms with van der Waals surface area (Å²) in [5.74, 6) is -2.17. The Hall–Kier alpha value is -0.993. The number of hydrogen-bond acceptors (Lipinski definition) is 6. The molecule has 0 amide bonds. The molecule has 12 heteroatoms. The molecule has 0 spiro atoms. The van der Waals surface area contributed by atoms with Gasteiger partial charge in [0.2, 0.25) is 0 Å². The molecule has 0 heterocycles. The Bertz CT molecular complexity index is 195. The van der Waals surface area contributed by atoms with Crippen LogP contribution in [0.5, 0.6) is 0 Å². The van der Waals surface area contributed by atoms with Gasteiger partial charge in [-0.2, -0.15) is 10.5 Å². The molecule has 0 saturated heterocycles. The first-order chi connectivity index (χ1) is 6.29. The first-order valence-electron chi connectivity index (χ1n) is 3.26. The number of carbonyl (C=O) groups excluding carboxylic acids is 2. The molecule has 0 aliphatic rings. The van der Waals surface area contributed by atoms with E-state index in [1.165, 1.54) is 13.8 Å². The van der Waals surface area contributed by atoms with E-state index in [0.717, 1.165) is 13.8 Å². The van der Waals surface area contributed by atoms with Crippen LogP contribution in [0.1, 0.15) is 27.7 Å². The van der Waals surface area contributed by atoms with Gasteiger partial charge in [-0.1, -0.05) is 0 Å². The summed E-state index contributed by atoms with van der Waals surface area (Å²) in [6.07, 6.45) is 0. The smallest absolute Gasteiger partial charge is 0.550 e. The summed E-state index contributed by atoms with van der Waals surface area (Å²) in [6, 6.07) is 3.50. The predicted molar refractivity (Wildman–Crippen MR) is 58.4 cm³/mol. The van der Waals surface area contributed by atoms with Crippen molar-refractivity contribution in [2.75, 3.05) is 0 Å². The van der Waals surface area contributed by atoms with E-state index in [1.54, 1.807) is 12.1 Å². The zero-order chi connectivity index (χ0) is 12.6. The average molecular weight is 478 g/mol. The third-order valence-corrected chi connectivity index (χ3v) is 0. The summed E-state index contributed by atoms with van der Waals surface area (Å²) >= 11 is 0. The van der Waals surface area contributed by atoms with Gasteiger partial charge in [0.25, 0.3) is 0 Å². The van der Waals surface area contributed by atoms with E-state index in [0.29, 0.717) is 0 Å². The molecule has 10 nitrogen and oxygen atoms in total. The number of carboxylic acids is 2. The first kappa shape index (κ1) is 76.0. The monoisotopic (exact) mass is 478 g/mol. The average Bonchev–Trinajstić information content (AvgIpc) is 1.85. The van der Waals surface area contributed by atoms with Crippen LogP contribution in [0, 0.1) is 22.7 Å². The van der Waals surface area contributed by atoms with Crippen molar-refractivity contribution in [3.8, 4) is 12.1 Å². The Morgan fingerprint density at radius 1 is 0.750 bits per heavy atom. The Kier molecular flexibility index (Phi) is 403. The van der Waals surface area contributed by atoms with Gasteiger partial charge in [-0.3, -0.25) is 0 Å². The molecule has 20 heavy (non-hydrogen) atoms. The van der Waals surface area contributed by atoms with Gasteiger partial charge in [0.1, 0.15) is 0 Å². The minimum absolute atomic E-state index is 0. The van der Waals surface area contributed by atoms with Crippen molar-refractivity contribution in [3.63, 3.8) is 0 Å². The molecule has 0 aliphatic carbocycles. The second-order valence-corrected chi connectivity index (χ2v) is 1.43. The van der Waals surface area contributed by atoms with Crippen molar-refractivity contribution in [3.05, 3.63) is 0 Å². The van der Waals surface area contributed by atoms with E-state index in [-0.39, 0.29) is 60.9 Å². The fourth-order valence-electron chi connectivity index (χ4n) is 0. The first-order valence-corrected chi connectivity index (χ1v) is 3.26. The molecule has 0 fully saturated rings. The second-order valence-electron chi connectivity index (χ2n) is 1.43. The molecule has 0 aromatic carbocycles. The maximum atomic E-state index is 8.89. The van der Waals surface area contributed by atoms with Crippen molar-refractivity contribution in [2.24, 2.45) is 0 Å². The predicted octanol–water partition coefficient (Wildman–Crippen LogP) is -4.73. The largest absolute Gasteiger partial charge is 2.00 e. The van der Waals surface area contributed by atoms with Gasteiger partial charge in [-0.15, -0.1) is 0 Å². The van der Waals surface area contributed by atoms with E-state index in [4.69, 9.17) is 30.3 Å². The zero-order valence-electron chi connectivity index (χ0n) is 11.2. The Labute approximate surface area is 143 Å². The van der Waals surface area contributed by atoms with Crippen LogP contribution in [-0.2, 0) is 48.5 Å². The molecule has 2 radical (unpaired) electrons. The van der Waals surface area contributed by atoms with E-state index >= 15 is 0 Å². The maximum Gasteiger partial charge on any atom is 2.00 e. The quantitative estimate of drug-likeness (QED) is 0.309. The molecule has 0 unspecified atom stereocenters. The third kappa shape index (κ3) is 4420. The molecule has 0 aromatic rings. The van der Waals surface area contributed by atoms with Crippen molar-refractivity contribution in [2.45, 2.75) is 27.7 Å². The fourth-order valence-corrected chi connectivity index (χ4v) is 0. The molecular formula is C8H20N2O8Rh2+2. The third-order valence-electron chi connectivity index (χ3n) is 0. The number of carboxylic acid groups (broad SMARTS) is 2. The second kappa shape index (κ2) is 106. The molecular weight excluding hydrogens is 458 g/mol. The minimum Gasteiger partial charge on any atom is -0.550 e. The number of carbonyl (C=O) groups is 2. The van der Waals surface area contributed by atoms with E-state index in [9.17, 15) is 0 Å². The van der Waals surface area contributed by atoms with Gasteiger partial charge in [-0.25, -0.2) is 0 Å². The molecule has 0 aliphatic heterocycles. The standard InChI is InChI=1S/2C2H3N.2C2H4O2.4H2O.2Rh/c2*1-2-3;2*1-2(3)4;;;;;;/h2*1H3;2*1H3,(H,3,4);4*1H2;;/q;;;;;;;;2*+2/p-2. The number of rotatable bonds is 0. The maximum absolute atomic E-state index is 8.89. The summed E-state index contributed by atoms with van der Waals surface area (Å²) in [4.78, 5) is 17.8. The van der Waals surface area contributed by atoms with Crippen LogP contribution in [0.25, 0.3) is 0 Å². The molecule has 0 rings (SSSR count). The van der Waals surface area contributed by atoms with Gasteiger partial charge in [0.05, 0.1) is 12.1 Å². The zero-order valence-corrected chi connectivity index (χ0v) is 14.5. The summed E-state index contributed by atoms with van der Waals surface area (Å²) in [6.45, 7) is 4.81. The van der Waals surface area contributed by atoms with Gasteiger partial charge >= 0.3 is 39.0 Å². The molecule has 8 N–H and O–H groups in total. The molecule has 0 bridgehead atoms. The van der Waals surface area contributed by atoms with Crippen LogP contribution in [0.4, 0.5) is 0 Å². The van der Waals surface area contributed by atoms with Crippen molar-refractivity contribution >= 4 is 11.9 Å². The van der Waals surface area contributed by atoms with Crippen LogP contribution in [0.3, 0.4) is 0 Å². The summed E-state index contributed by atoms with van der Waals surface area (Å²) < 4.78 is 0. The van der Waals surface area contributed by atoms with Gasteiger partial charge < -0.3 is 41.7 Å². The summed E-state index contributed by atoms with van der Waals surface area (Å²) in [5.41, 5.74) is 0.